The van der Waals surface area contributed by atoms with Crippen molar-refractivity contribution in [3.05, 3.63) is 71.8 Å². The number of rotatable bonds is 5. The zero-order valence-corrected chi connectivity index (χ0v) is 14.2. The Morgan fingerprint density at radius 1 is 1.12 bits per heavy atom. The monoisotopic (exact) mass is 321 g/mol. The van der Waals surface area contributed by atoms with Crippen LogP contribution in [0.4, 0.5) is 0 Å². The third kappa shape index (κ3) is 4.71. The van der Waals surface area contributed by atoms with E-state index >= 15 is 0 Å². The number of benzene rings is 2. The molecule has 0 heterocycles. The molecule has 2 aromatic rings. The van der Waals surface area contributed by atoms with Gasteiger partial charge in [-0.25, -0.2) is 0 Å². The molecule has 0 spiro atoms. The molecule has 2 rings (SSSR count). The minimum absolute atomic E-state index is 0.217. The van der Waals surface area contributed by atoms with Crippen LogP contribution in [0.1, 0.15) is 31.4 Å². The quantitative estimate of drug-likeness (QED) is 0.677. The van der Waals surface area contributed by atoms with Crippen molar-refractivity contribution >= 4 is 5.97 Å². The van der Waals surface area contributed by atoms with E-state index in [4.69, 9.17) is 10.5 Å². The molecule has 0 amide bonds. The van der Waals surface area contributed by atoms with Gasteiger partial charge in [0.2, 0.25) is 0 Å². The molecule has 0 aliphatic heterocycles. The summed E-state index contributed by atoms with van der Waals surface area (Å²) in [5, 5.41) is 0. The van der Waals surface area contributed by atoms with E-state index in [2.05, 4.69) is 11.8 Å². The van der Waals surface area contributed by atoms with Crippen molar-refractivity contribution in [3.8, 4) is 11.8 Å². The molecule has 0 aromatic heterocycles. The highest BCUT2D eigenvalue weighted by molar-refractivity contribution is 5.81. The van der Waals surface area contributed by atoms with Gasteiger partial charge in [-0.3, -0.25) is 4.79 Å². The Kier molecular flexibility index (Phi) is 6.17. The van der Waals surface area contributed by atoms with E-state index in [1.54, 1.807) is 6.92 Å². The smallest absolute Gasteiger partial charge is 0.327 e. The van der Waals surface area contributed by atoms with Crippen LogP contribution in [0.2, 0.25) is 0 Å². The van der Waals surface area contributed by atoms with Gasteiger partial charge in [0.25, 0.3) is 0 Å². The average Bonchev–Trinajstić information content (AvgIpc) is 2.61. The lowest BCUT2D eigenvalue weighted by molar-refractivity contribution is -0.152. The van der Waals surface area contributed by atoms with Crippen LogP contribution in [0.5, 0.6) is 0 Å². The highest BCUT2D eigenvalue weighted by Gasteiger charge is 2.37. The number of hydrogen-bond acceptors (Lipinski definition) is 3. The largest absolute Gasteiger partial charge is 0.459 e. The lowest BCUT2D eigenvalue weighted by Crippen LogP contribution is -2.51. The Balaban J connectivity index is 2.05. The van der Waals surface area contributed by atoms with Gasteiger partial charge in [-0.2, -0.15) is 0 Å². The second-order valence-electron chi connectivity index (χ2n) is 5.94. The first kappa shape index (κ1) is 17.8. The predicted molar refractivity (Wildman–Crippen MR) is 95.9 cm³/mol. The molecular formula is C21H23NO2. The van der Waals surface area contributed by atoms with Crippen molar-refractivity contribution in [3.63, 3.8) is 0 Å². The van der Waals surface area contributed by atoms with E-state index < -0.39 is 11.5 Å². The third-order valence-corrected chi connectivity index (χ3v) is 3.95. The molecule has 3 nitrogen and oxygen atoms in total. The summed E-state index contributed by atoms with van der Waals surface area (Å²) in [5.74, 6) is 5.51. The van der Waals surface area contributed by atoms with Gasteiger partial charge in [-0.05, 0) is 31.0 Å². The van der Waals surface area contributed by atoms with Gasteiger partial charge >= 0.3 is 5.97 Å². The standard InChI is InChI=1S/C21H23NO2/c1-3-19(15-14-17-10-6-4-7-11-17)21(2,22)20(23)24-16-18-12-8-5-9-13-18/h4-13,19H,3,16,22H2,1-2H3/t19-,21+/m1/s1. The van der Waals surface area contributed by atoms with E-state index in [0.717, 1.165) is 11.1 Å². The second-order valence-corrected chi connectivity index (χ2v) is 5.94. The lowest BCUT2D eigenvalue weighted by atomic mass is 9.85. The Labute approximate surface area is 143 Å². The van der Waals surface area contributed by atoms with Crippen LogP contribution >= 0.6 is 0 Å². The maximum absolute atomic E-state index is 12.4. The summed E-state index contributed by atoms with van der Waals surface area (Å²) < 4.78 is 5.40. The number of hydrogen-bond donors (Lipinski definition) is 1. The van der Waals surface area contributed by atoms with Crippen LogP contribution < -0.4 is 5.73 Å². The van der Waals surface area contributed by atoms with Crippen molar-refractivity contribution in [1.82, 2.24) is 0 Å². The van der Waals surface area contributed by atoms with Crippen LogP contribution in [0.25, 0.3) is 0 Å². The topological polar surface area (TPSA) is 52.3 Å². The summed E-state index contributed by atoms with van der Waals surface area (Å²) >= 11 is 0. The van der Waals surface area contributed by atoms with Crippen LogP contribution in [-0.2, 0) is 16.1 Å². The summed E-state index contributed by atoms with van der Waals surface area (Å²) in [4.78, 5) is 12.4. The molecule has 0 unspecified atom stereocenters. The number of nitrogens with two attached hydrogens (primary N) is 1. The average molecular weight is 321 g/mol. The summed E-state index contributed by atoms with van der Waals surface area (Å²) in [5.41, 5.74) is 6.96. The molecule has 2 atom stereocenters. The van der Waals surface area contributed by atoms with Crippen molar-refractivity contribution in [1.29, 1.82) is 0 Å². The Bertz CT molecular complexity index is 712. The molecule has 124 valence electrons. The van der Waals surface area contributed by atoms with Crippen molar-refractivity contribution in [2.24, 2.45) is 11.7 Å². The fourth-order valence-corrected chi connectivity index (χ4v) is 2.39. The van der Waals surface area contributed by atoms with Gasteiger partial charge < -0.3 is 10.5 Å². The molecule has 2 N–H and O–H groups in total. The molecular weight excluding hydrogens is 298 g/mol. The fraction of sp³-hybridized carbons (Fsp3) is 0.286. The van der Waals surface area contributed by atoms with E-state index in [9.17, 15) is 4.79 Å². The van der Waals surface area contributed by atoms with Crippen molar-refractivity contribution < 1.29 is 9.53 Å². The number of esters is 1. The van der Waals surface area contributed by atoms with Crippen LogP contribution in [0, 0.1) is 17.8 Å². The van der Waals surface area contributed by atoms with Gasteiger partial charge in [0.15, 0.2) is 0 Å². The molecule has 24 heavy (non-hydrogen) atoms. The van der Waals surface area contributed by atoms with E-state index in [1.807, 2.05) is 67.6 Å². The zero-order valence-electron chi connectivity index (χ0n) is 14.2. The fourth-order valence-electron chi connectivity index (χ4n) is 2.39. The molecule has 2 aromatic carbocycles. The van der Waals surface area contributed by atoms with Gasteiger partial charge in [0, 0.05) is 11.5 Å². The SMILES string of the molecule is CC[C@H](C#Cc1ccccc1)[C@](C)(N)C(=O)OCc1ccccc1. The van der Waals surface area contributed by atoms with E-state index in [1.165, 1.54) is 0 Å². The first-order valence-corrected chi connectivity index (χ1v) is 8.10. The maximum Gasteiger partial charge on any atom is 0.327 e. The first-order chi connectivity index (χ1) is 11.5. The van der Waals surface area contributed by atoms with Gasteiger partial charge in [0.1, 0.15) is 12.1 Å². The third-order valence-electron chi connectivity index (χ3n) is 3.95. The Morgan fingerprint density at radius 2 is 1.71 bits per heavy atom. The second kappa shape index (κ2) is 8.33. The zero-order chi connectivity index (χ0) is 17.4. The summed E-state index contributed by atoms with van der Waals surface area (Å²) in [7, 11) is 0. The summed E-state index contributed by atoms with van der Waals surface area (Å²) in [6.45, 7) is 3.88. The van der Waals surface area contributed by atoms with Crippen LogP contribution in [0.15, 0.2) is 60.7 Å². The van der Waals surface area contributed by atoms with Crippen LogP contribution in [0.3, 0.4) is 0 Å². The molecule has 0 radical (unpaired) electrons. The Hall–Kier alpha value is -2.57. The van der Waals surface area contributed by atoms with Crippen molar-refractivity contribution in [2.75, 3.05) is 0 Å². The van der Waals surface area contributed by atoms with Gasteiger partial charge in [-0.15, -0.1) is 0 Å². The number of carbonyl (C=O) groups excluding carboxylic acids is 1. The minimum Gasteiger partial charge on any atom is -0.459 e. The number of ether oxygens (including phenoxy) is 1. The van der Waals surface area contributed by atoms with Crippen LogP contribution in [-0.4, -0.2) is 11.5 Å². The molecule has 3 heteroatoms. The lowest BCUT2D eigenvalue weighted by Gasteiger charge is -2.27. The van der Waals surface area contributed by atoms with E-state index in [-0.39, 0.29) is 12.5 Å². The normalized spacial score (nSPS) is 14.0. The first-order valence-electron chi connectivity index (χ1n) is 8.10. The molecule has 0 aliphatic rings. The maximum atomic E-state index is 12.4. The number of carbonyl (C=O) groups is 1. The molecule has 0 bridgehead atoms. The Morgan fingerprint density at radius 3 is 2.29 bits per heavy atom. The highest BCUT2D eigenvalue weighted by atomic mass is 16.5. The summed E-state index contributed by atoms with van der Waals surface area (Å²) in [6.07, 6.45) is 0.674. The summed E-state index contributed by atoms with van der Waals surface area (Å²) in [6, 6.07) is 19.2. The van der Waals surface area contributed by atoms with Gasteiger partial charge in [0.05, 0.1) is 0 Å². The molecule has 0 fully saturated rings. The molecule has 0 saturated heterocycles. The minimum atomic E-state index is -1.15. The molecule has 0 aliphatic carbocycles. The van der Waals surface area contributed by atoms with E-state index in [0.29, 0.717) is 6.42 Å². The highest BCUT2D eigenvalue weighted by Crippen LogP contribution is 2.20. The van der Waals surface area contributed by atoms with Gasteiger partial charge in [-0.1, -0.05) is 67.3 Å². The molecule has 0 saturated carbocycles. The predicted octanol–water partition coefficient (Wildman–Crippen LogP) is 3.53. The van der Waals surface area contributed by atoms with Crippen molar-refractivity contribution in [2.45, 2.75) is 32.4 Å².